The fourth-order valence-electron chi connectivity index (χ4n) is 4.67. The Morgan fingerprint density at radius 2 is 1.92 bits per heavy atom. The highest BCUT2D eigenvalue weighted by molar-refractivity contribution is 5.93. The number of hydrogen-bond acceptors (Lipinski definition) is 10. The molecule has 1 fully saturated rings. The van der Waals surface area contributed by atoms with E-state index in [1.165, 1.54) is 0 Å². The SMILES string of the molecule is CCOC(O)N1CCN(c2ccc(-c3n[nH]c4ccc(O[C@H](N)c5c(C)cnnc5C)cc34)cn2)CC1. The maximum absolute atomic E-state index is 10.0. The van der Waals surface area contributed by atoms with Gasteiger partial charge in [0.2, 0.25) is 6.41 Å². The van der Waals surface area contributed by atoms with Gasteiger partial charge in [-0.05, 0) is 56.7 Å². The summed E-state index contributed by atoms with van der Waals surface area (Å²) in [5, 5.41) is 26.6. The molecule has 4 aromatic rings. The third-order valence-corrected chi connectivity index (χ3v) is 6.64. The van der Waals surface area contributed by atoms with Crippen LogP contribution in [0.5, 0.6) is 5.75 Å². The van der Waals surface area contributed by atoms with Crippen molar-refractivity contribution in [2.45, 2.75) is 33.4 Å². The number of aliphatic hydroxyl groups is 1. The van der Waals surface area contributed by atoms with E-state index in [1.54, 1.807) is 6.20 Å². The van der Waals surface area contributed by atoms with Gasteiger partial charge in [0.1, 0.15) is 17.3 Å². The first kappa shape index (κ1) is 25.0. The van der Waals surface area contributed by atoms with Gasteiger partial charge in [0.25, 0.3) is 0 Å². The Hall–Kier alpha value is -3.64. The van der Waals surface area contributed by atoms with Crippen molar-refractivity contribution in [2.75, 3.05) is 37.7 Å². The Balaban J connectivity index is 1.31. The van der Waals surface area contributed by atoms with Crippen molar-refractivity contribution in [1.29, 1.82) is 0 Å². The number of pyridine rings is 1. The van der Waals surface area contributed by atoms with E-state index < -0.39 is 12.6 Å². The van der Waals surface area contributed by atoms with Crippen LogP contribution in [0.25, 0.3) is 22.2 Å². The number of nitrogens with zero attached hydrogens (tertiary/aromatic N) is 6. The molecule has 11 nitrogen and oxygen atoms in total. The zero-order chi connectivity index (χ0) is 25.9. The lowest BCUT2D eigenvalue weighted by molar-refractivity contribution is -0.191. The van der Waals surface area contributed by atoms with Crippen molar-refractivity contribution in [3.63, 3.8) is 0 Å². The van der Waals surface area contributed by atoms with Gasteiger partial charge < -0.3 is 19.5 Å². The lowest BCUT2D eigenvalue weighted by Crippen LogP contribution is -2.51. The van der Waals surface area contributed by atoms with Crippen LogP contribution in [0, 0.1) is 13.8 Å². The van der Waals surface area contributed by atoms with Crippen LogP contribution in [0.3, 0.4) is 0 Å². The first-order valence-corrected chi connectivity index (χ1v) is 12.4. The lowest BCUT2D eigenvalue weighted by atomic mass is 10.1. The molecular formula is C26H32N8O3. The number of rotatable bonds is 8. The van der Waals surface area contributed by atoms with E-state index in [2.05, 4.69) is 25.3 Å². The smallest absolute Gasteiger partial charge is 0.216 e. The topological polar surface area (TPSA) is 139 Å². The molecule has 0 aliphatic carbocycles. The van der Waals surface area contributed by atoms with E-state index in [0.717, 1.165) is 57.9 Å². The molecule has 3 aromatic heterocycles. The summed E-state index contributed by atoms with van der Waals surface area (Å²) >= 11 is 0. The zero-order valence-corrected chi connectivity index (χ0v) is 21.3. The Morgan fingerprint density at radius 1 is 1.11 bits per heavy atom. The van der Waals surface area contributed by atoms with Crippen molar-refractivity contribution < 1.29 is 14.6 Å². The van der Waals surface area contributed by atoms with Gasteiger partial charge in [-0.15, -0.1) is 0 Å². The fraction of sp³-hybridized carbons (Fsp3) is 0.385. The van der Waals surface area contributed by atoms with E-state index in [9.17, 15) is 5.11 Å². The van der Waals surface area contributed by atoms with E-state index >= 15 is 0 Å². The quantitative estimate of drug-likeness (QED) is 0.307. The first-order chi connectivity index (χ1) is 17.9. The minimum absolute atomic E-state index is 0.480. The van der Waals surface area contributed by atoms with Crippen molar-refractivity contribution >= 4 is 16.7 Å². The Labute approximate surface area is 215 Å². The van der Waals surface area contributed by atoms with Gasteiger partial charge in [0, 0.05) is 55.5 Å². The number of H-pyrrole nitrogens is 1. The molecule has 4 N–H and O–H groups in total. The number of hydrogen-bond donors (Lipinski definition) is 3. The van der Waals surface area contributed by atoms with Crippen LogP contribution in [-0.4, -0.2) is 74.6 Å². The number of benzene rings is 1. The molecule has 0 spiro atoms. The number of nitrogens with two attached hydrogens (primary N) is 1. The number of aryl methyl sites for hydroxylation is 2. The standard InChI is InChI=1S/C26H32N8O3/c1-4-36-26(35)34-11-9-33(10-12-34)22-8-5-18(15-28-22)24-20-13-19(6-7-21(20)31-32-24)37-25(27)23-16(2)14-29-30-17(23)3/h5-8,13-15,25-26,35H,4,9-12,27H2,1-3H3,(H,31,32)/t25-,26?/m0/s1. The van der Waals surface area contributed by atoms with E-state index in [4.69, 9.17) is 20.2 Å². The number of ether oxygens (including phenoxy) is 2. The second kappa shape index (κ2) is 10.8. The van der Waals surface area contributed by atoms with Crippen molar-refractivity contribution in [3.8, 4) is 17.0 Å². The highest BCUT2D eigenvalue weighted by Crippen LogP contribution is 2.31. The Bertz CT molecular complexity index is 1330. The fourth-order valence-corrected chi connectivity index (χ4v) is 4.67. The zero-order valence-electron chi connectivity index (χ0n) is 21.3. The number of anilines is 1. The van der Waals surface area contributed by atoms with Crippen molar-refractivity contribution in [3.05, 3.63) is 59.5 Å². The highest BCUT2D eigenvalue weighted by Gasteiger charge is 2.23. The molecule has 0 bridgehead atoms. The second-order valence-electron chi connectivity index (χ2n) is 9.05. The molecule has 4 heterocycles. The van der Waals surface area contributed by atoms with Crippen molar-refractivity contribution in [2.24, 2.45) is 5.73 Å². The van der Waals surface area contributed by atoms with E-state index in [-0.39, 0.29) is 0 Å². The van der Waals surface area contributed by atoms with Crippen LogP contribution in [0.15, 0.2) is 42.7 Å². The van der Waals surface area contributed by atoms with Gasteiger partial charge in [-0.3, -0.25) is 15.7 Å². The van der Waals surface area contributed by atoms with Gasteiger partial charge in [-0.25, -0.2) is 4.98 Å². The molecule has 1 aliphatic rings. The van der Waals surface area contributed by atoms with E-state index in [0.29, 0.717) is 25.4 Å². The van der Waals surface area contributed by atoms with Crippen LogP contribution in [0.1, 0.15) is 30.0 Å². The summed E-state index contributed by atoms with van der Waals surface area (Å²) in [5.41, 5.74) is 11.5. The highest BCUT2D eigenvalue weighted by atomic mass is 16.6. The normalized spacial score (nSPS) is 16.2. The number of aromatic nitrogens is 5. The van der Waals surface area contributed by atoms with Crippen LogP contribution in [0.2, 0.25) is 0 Å². The van der Waals surface area contributed by atoms with Crippen LogP contribution in [-0.2, 0) is 4.74 Å². The summed E-state index contributed by atoms with van der Waals surface area (Å²) < 4.78 is 11.4. The lowest BCUT2D eigenvalue weighted by Gasteiger charge is -2.37. The molecule has 37 heavy (non-hydrogen) atoms. The molecule has 0 radical (unpaired) electrons. The molecule has 1 unspecified atom stereocenters. The second-order valence-corrected chi connectivity index (χ2v) is 9.05. The van der Waals surface area contributed by atoms with Gasteiger partial charge in [0.05, 0.1) is 17.4 Å². The summed E-state index contributed by atoms with van der Waals surface area (Å²) in [6, 6.07) is 9.75. The van der Waals surface area contributed by atoms with Gasteiger partial charge in [-0.1, -0.05) is 0 Å². The van der Waals surface area contributed by atoms with E-state index in [1.807, 2.05) is 62.2 Å². The van der Waals surface area contributed by atoms with Crippen LogP contribution >= 0.6 is 0 Å². The monoisotopic (exact) mass is 504 g/mol. The summed E-state index contributed by atoms with van der Waals surface area (Å²) in [4.78, 5) is 8.82. The van der Waals surface area contributed by atoms with Gasteiger partial charge in [0.15, 0.2) is 6.23 Å². The molecule has 0 amide bonds. The van der Waals surface area contributed by atoms with Crippen LogP contribution in [0.4, 0.5) is 5.82 Å². The molecule has 1 aromatic carbocycles. The minimum Gasteiger partial charge on any atom is -0.471 e. The van der Waals surface area contributed by atoms with Gasteiger partial charge in [-0.2, -0.15) is 15.3 Å². The minimum atomic E-state index is -0.853. The predicted molar refractivity (Wildman–Crippen MR) is 140 cm³/mol. The number of aliphatic hydroxyl groups excluding tert-OH is 1. The molecule has 1 saturated heterocycles. The summed E-state index contributed by atoms with van der Waals surface area (Å²) in [7, 11) is 0. The first-order valence-electron chi connectivity index (χ1n) is 12.4. The third-order valence-electron chi connectivity index (χ3n) is 6.64. The molecule has 11 heteroatoms. The summed E-state index contributed by atoms with van der Waals surface area (Å²) in [6.45, 7) is 9.09. The van der Waals surface area contributed by atoms with Crippen molar-refractivity contribution in [1.82, 2.24) is 30.3 Å². The van der Waals surface area contributed by atoms with Crippen LogP contribution < -0.4 is 15.4 Å². The predicted octanol–water partition coefficient (Wildman–Crippen LogP) is 2.50. The largest absolute Gasteiger partial charge is 0.471 e. The molecule has 194 valence electrons. The molecule has 0 saturated carbocycles. The number of piperazine rings is 1. The average molecular weight is 505 g/mol. The Kier molecular flexibility index (Phi) is 7.28. The maximum Gasteiger partial charge on any atom is 0.216 e. The maximum atomic E-state index is 10.0. The summed E-state index contributed by atoms with van der Waals surface area (Å²) in [6.07, 6.45) is 2.00. The molecular weight excluding hydrogens is 472 g/mol. The number of fused-ring (bicyclic) bond motifs is 1. The third kappa shape index (κ3) is 5.25. The number of nitrogens with one attached hydrogen (secondary N) is 1. The molecule has 2 atom stereocenters. The number of aromatic amines is 1. The van der Waals surface area contributed by atoms with Gasteiger partial charge >= 0.3 is 0 Å². The average Bonchev–Trinajstić information content (AvgIpc) is 3.32. The summed E-state index contributed by atoms with van der Waals surface area (Å²) in [5.74, 6) is 1.52. The Morgan fingerprint density at radius 3 is 2.62 bits per heavy atom. The molecule has 5 rings (SSSR count). The molecule has 1 aliphatic heterocycles.